The molecular formula is C31H24ClIN4O3S. The minimum atomic E-state index is -0.319. The number of aromatic nitrogens is 1. The number of thiazole rings is 1. The first-order valence-corrected chi connectivity index (χ1v) is 14.8. The number of carbonyl (C=O) groups is 1. The Morgan fingerprint density at radius 2 is 1.80 bits per heavy atom. The summed E-state index contributed by atoms with van der Waals surface area (Å²) >= 11 is 9.65. The fraction of sp³-hybridized carbons (Fsp3) is 0.0645. The molecular weight excluding hydrogens is 671 g/mol. The molecule has 5 aromatic rings. The second kappa shape index (κ2) is 13.6. The van der Waals surface area contributed by atoms with Crippen LogP contribution in [-0.2, 0) is 6.61 Å². The van der Waals surface area contributed by atoms with Crippen LogP contribution in [0, 0.1) is 3.57 Å². The molecule has 0 aliphatic carbocycles. The van der Waals surface area contributed by atoms with E-state index in [4.69, 9.17) is 21.1 Å². The zero-order valence-electron chi connectivity index (χ0n) is 21.8. The average Bonchev–Trinajstić information content (AvgIpc) is 3.46. The summed E-state index contributed by atoms with van der Waals surface area (Å²) in [7, 11) is 1.59. The number of carbonyl (C=O) groups excluding carboxylic acids is 1. The largest absolute Gasteiger partial charge is 0.493 e. The number of rotatable bonds is 10. The van der Waals surface area contributed by atoms with Gasteiger partial charge in [0.15, 0.2) is 16.6 Å². The highest BCUT2D eigenvalue weighted by atomic mass is 127. The molecule has 1 aromatic heterocycles. The van der Waals surface area contributed by atoms with Crippen LogP contribution >= 0.6 is 45.5 Å². The Labute approximate surface area is 260 Å². The SMILES string of the molecule is COc1cc(/C=N\NC(=O)c2ccc(-c3csc(Nc4ccc(Cl)cc4)n3)cc2)cc(I)c1OCc1ccccc1. The number of nitrogens with one attached hydrogen (secondary N) is 2. The molecule has 10 heteroatoms. The van der Waals surface area contributed by atoms with Gasteiger partial charge in [0.25, 0.3) is 5.91 Å². The van der Waals surface area contributed by atoms with Crippen LogP contribution in [0.4, 0.5) is 10.8 Å². The Balaban J connectivity index is 1.18. The Morgan fingerprint density at radius 3 is 2.54 bits per heavy atom. The van der Waals surface area contributed by atoms with Gasteiger partial charge in [0.1, 0.15) is 6.61 Å². The van der Waals surface area contributed by atoms with Crippen molar-refractivity contribution in [1.82, 2.24) is 10.4 Å². The summed E-state index contributed by atoms with van der Waals surface area (Å²) < 4.78 is 12.4. The van der Waals surface area contributed by atoms with Gasteiger partial charge in [-0.2, -0.15) is 5.10 Å². The summed E-state index contributed by atoms with van der Waals surface area (Å²) in [6.45, 7) is 0.430. The molecule has 0 saturated carbocycles. The quantitative estimate of drug-likeness (QED) is 0.0876. The molecule has 0 unspecified atom stereocenters. The van der Waals surface area contributed by atoms with E-state index in [1.165, 1.54) is 11.3 Å². The van der Waals surface area contributed by atoms with Crippen molar-refractivity contribution in [3.05, 3.63) is 122 Å². The normalized spacial score (nSPS) is 10.9. The van der Waals surface area contributed by atoms with Crippen molar-refractivity contribution in [3.8, 4) is 22.8 Å². The number of ether oxygens (including phenoxy) is 2. The molecule has 0 fully saturated rings. The topological polar surface area (TPSA) is 84.8 Å². The Morgan fingerprint density at radius 1 is 1.05 bits per heavy atom. The van der Waals surface area contributed by atoms with Gasteiger partial charge in [0.2, 0.25) is 0 Å². The summed E-state index contributed by atoms with van der Waals surface area (Å²) in [5.41, 5.74) is 7.52. The third-order valence-corrected chi connectivity index (χ3v) is 7.71. The summed E-state index contributed by atoms with van der Waals surface area (Å²) in [5, 5.41) is 10.8. The number of nitrogens with zero attached hydrogens (tertiary/aromatic N) is 2. The van der Waals surface area contributed by atoms with Crippen LogP contribution in [-0.4, -0.2) is 24.2 Å². The molecule has 5 rings (SSSR count). The van der Waals surface area contributed by atoms with E-state index in [1.54, 1.807) is 25.5 Å². The smallest absolute Gasteiger partial charge is 0.271 e. The van der Waals surface area contributed by atoms with Crippen molar-refractivity contribution in [3.63, 3.8) is 0 Å². The molecule has 0 atom stereocenters. The van der Waals surface area contributed by atoms with Gasteiger partial charge in [0.05, 0.1) is 22.6 Å². The second-order valence-corrected chi connectivity index (χ2v) is 11.2. The van der Waals surface area contributed by atoms with Crippen molar-refractivity contribution in [1.29, 1.82) is 0 Å². The van der Waals surface area contributed by atoms with E-state index in [1.807, 2.05) is 84.2 Å². The predicted molar refractivity (Wildman–Crippen MR) is 174 cm³/mol. The number of anilines is 2. The first-order valence-electron chi connectivity index (χ1n) is 12.4. The lowest BCUT2D eigenvalue weighted by molar-refractivity contribution is 0.0955. The Kier molecular flexibility index (Phi) is 9.50. The molecule has 1 heterocycles. The first-order chi connectivity index (χ1) is 20.0. The molecule has 0 aliphatic rings. The van der Waals surface area contributed by atoms with Gasteiger partial charge in [-0.3, -0.25) is 4.79 Å². The fourth-order valence-corrected chi connectivity index (χ4v) is 5.47. The lowest BCUT2D eigenvalue weighted by Crippen LogP contribution is -2.17. The van der Waals surface area contributed by atoms with Gasteiger partial charge in [0, 0.05) is 27.2 Å². The van der Waals surface area contributed by atoms with Crippen molar-refractivity contribution >= 4 is 68.5 Å². The lowest BCUT2D eigenvalue weighted by atomic mass is 10.1. The summed E-state index contributed by atoms with van der Waals surface area (Å²) in [4.78, 5) is 17.3. The Bertz CT molecular complexity index is 1660. The van der Waals surface area contributed by atoms with Crippen LogP contribution in [0.1, 0.15) is 21.5 Å². The van der Waals surface area contributed by atoms with Crippen LogP contribution in [0.2, 0.25) is 5.02 Å². The summed E-state index contributed by atoms with van der Waals surface area (Å²) in [6.07, 6.45) is 1.57. The molecule has 0 spiro atoms. The van der Waals surface area contributed by atoms with Crippen LogP contribution in [0.5, 0.6) is 11.5 Å². The number of benzene rings is 4. The van der Waals surface area contributed by atoms with Gasteiger partial charge >= 0.3 is 0 Å². The Hall–Kier alpha value is -3.93. The molecule has 1 amide bonds. The molecule has 0 radical (unpaired) electrons. The van der Waals surface area contributed by atoms with Gasteiger partial charge in [-0.05, 0) is 82.2 Å². The molecule has 206 valence electrons. The van der Waals surface area contributed by atoms with E-state index >= 15 is 0 Å². The first kappa shape index (κ1) is 28.6. The monoisotopic (exact) mass is 694 g/mol. The number of hydrazone groups is 1. The zero-order chi connectivity index (χ0) is 28.6. The molecule has 41 heavy (non-hydrogen) atoms. The van der Waals surface area contributed by atoms with Crippen LogP contribution in [0.3, 0.4) is 0 Å². The van der Waals surface area contributed by atoms with Crippen molar-refractivity contribution in [2.75, 3.05) is 12.4 Å². The molecule has 0 bridgehead atoms. The standard InChI is InChI=1S/C31H24ClIN4O3S/c1-39-28-16-21(15-26(33)29(28)40-18-20-5-3-2-4-6-20)17-34-37-30(38)23-9-7-22(8-10-23)27-19-41-31(36-27)35-25-13-11-24(32)12-14-25/h2-17,19H,18H2,1H3,(H,35,36)(H,37,38)/b34-17-. The maximum atomic E-state index is 12.7. The number of hydrogen-bond donors (Lipinski definition) is 2. The number of hydrogen-bond acceptors (Lipinski definition) is 7. The fourth-order valence-electron chi connectivity index (χ4n) is 3.83. The van der Waals surface area contributed by atoms with Crippen LogP contribution in [0.25, 0.3) is 11.3 Å². The number of methoxy groups -OCH3 is 1. The highest BCUT2D eigenvalue weighted by molar-refractivity contribution is 14.1. The summed E-state index contributed by atoms with van der Waals surface area (Å²) in [5.74, 6) is 0.927. The maximum absolute atomic E-state index is 12.7. The minimum Gasteiger partial charge on any atom is -0.493 e. The second-order valence-electron chi connectivity index (χ2n) is 8.75. The van der Waals surface area contributed by atoms with Gasteiger partial charge in [-0.15, -0.1) is 11.3 Å². The molecule has 0 aliphatic heterocycles. The lowest BCUT2D eigenvalue weighted by Gasteiger charge is -2.13. The third kappa shape index (κ3) is 7.63. The van der Waals surface area contributed by atoms with Gasteiger partial charge in [-0.1, -0.05) is 54.1 Å². The van der Waals surface area contributed by atoms with Crippen LogP contribution < -0.4 is 20.2 Å². The van der Waals surface area contributed by atoms with E-state index in [2.05, 4.69) is 43.4 Å². The molecule has 7 nitrogen and oxygen atoms in total. The van der Waals surface area contributed by atoms with E-state index in [9.17, 15) is 4.79 Å². The van der Waals surface area contributed by atoms with E-state index in [0.29, 0.717) is 28.7 Å². The summed E-state index contributed by atoms with van der Waals surface area (Å²) in [6, 6.07) is 28.3. The van der Waals surface area contributed by atoms with Crippen molar-refractivity contribution < 1.29 is 14.3 Å². The van der Waals surface area contributed by atoms with E-state index in [0.717, 1.165) is 36.8 Å². The van der Waals surface area contributed by atoms with Crippen molar-refractivity contribution in [2.24, 2.45) is 5.10 Å². The molecule has 0 saturated heterocycles. The minimum absolute atomic E-state index is 0.319. The van der Waals surface area contributed by atoms with Crippen LogP contribution in [0.15, 0.2) is 101 Å². The predicted octanol–water partition coefficient (Wildman–Crippen LogP) is 8.16. The van der Waals surface area contributed by atoms with Gasteiger partial charge in [-0.25, -0.2) is 10.4 Å². The highest BCUT2D eigenvalue weighted by Crippen LogP contribution is 2.34. The molecule has 2 N–H and O–H groups in total. The number of halogens is 2. The maximum Gasteiger partial charge on any atom is 0.271 e. The van der Waals surface area contributed by atoms with E-state index < -0.39 is 0 Å². The van der Waals surface area contributed by atoms with E-state index in [-0.39, 0.29) is 5.91 Å². The highest BCUT2D eigenvalue weighted by Gasteiger charge is 2.12. The third-order valence-electron chi connectivity index (χ3n) is 5.90. The average molecular weight is 695 g/mol. The number of amides is 1. The van der Waals surface area contributed by atoms with Crippen molar-refractivity contribution in [2.45, 2.75) is 6.61 Å². The van der Waals surface area contributed by atoms with Gasteiger partial charge < -0.3 is 14.8 Å². The zero-order valence-corrected chi connectivity index (χ0v) is 25.5. The molecule has 4 aromatic carbocycles.